The number of carbonyl (C=O) groups is 1. The summed E-state index contributed by atoms with van der Waals surface area (Å²) >= 11 is 3.44. The molecule has 0 unspecified atom stereocenters. The van der Waals surface area contributed by atoms with Crippen molar-refractivity contribution in [3.63, 3.8) is 0 Å². The largest absolute Gasteiger partial charge is 0.391 e. The van der Waals surface area contributed by atoms with Gasteiger partial charge in [0.1, 0.15) is 17.5 Å². The molecule has 0 saturated carbocycles. The Labute approximate surface area is 189 Å². The molecule has 1 amide bonds. The number of nitrogens with zero attached hydrogens (tertiary/aromatic N) is 3. The average Bonchev–Trinajstić information content (AvgIpc) is 3.41. The monoisotopic (exact) mass is 490 g/mol. The van der Waals surface area contributed by atoms with Crippen LogP contribution in [0.2, 0.25) is 0 Å². The summed E-state index contributed by atoms with van der Waals surface area (Å²) < 4.78 is 6.39. The summed E-state index contributed by atoms with van der Waals surface area (Å²) in [6.07, 6.45) is -0.250. The van der Waals surface area contributed by atoms with E-state index in [-0.39, 0.29) is 18.4 Å². The van der Waals surface area contributed by atoms with Gasteiger partial charge in [0, 0.05) is 29.1 Å². The van der Waals surface area contributed by atoms with E-state index in [9.17, 15) is 9.90 Å². The van der Waals surface area contributed by atoms with E-state index < -0.39 is 23.8 Å². The fraction of sp³-hybridized carbons (Fsp3) is 0.500. The van der Waals surface area contributed by atoms with E-state index in [1.807, 2.05) is 52.0 Å². The number of hydroxylamine groups is 1. The Morgan fingerprint density at radius 1 is 1.35 bits per heavy atom. The van der Waals surface area contributed by atoms with Crippen molar-refractivity contribution in [2.75, 3.05) is 6.54 Å². The number of amidine groups is 1. The molecule has 31 heavy (non-hydrogen) atoms. The fourth-order valence-corrected chi connectivity index (χ4v) is 4.48. The number of aliphatic hydroxyl groups is 1. The van der Waals surface area contributed by atoms with Gasteiger partial charge in [-0.15, -0.1) is 0 Å². The molecule has 3 heterocycles. The van der Waals surface area contributed by atoms with Crippen molar-refractivity contribution >= 4 is 27.7 Å². The molecule has 8 nitrogen and oxygen atoms in total. The van der Waals surface area contributed by atoms with Gasteiger partial charge in [-0.25, -0.2) is 15.3 Å². The minimum Gasteiger partial charge on any atom is -0.391 e. The van der Waals surface area contributed by atoms with Crippen molar-refractivity contribution < 1.29 is 19.3 Å². The number of aromatic nitrogens is 1. The van der Waals surface area contributed by atoms with E-state index in [1.54, 1.807) is 11.0 Å². The lowest BCUT2D eigenvalue weighted by Crippen LogP contribution is -2.46. The van der Waals surface area contributed by atoms with Gasteiger partial charge >= 0.3 is 0 Å². The molecule has 2 aliphatic rings. The third-order valence-electron chi connectivity index (χ3n) is 5.83. The molecule has 4 atom stereocenters. The molecule has 0 spiro atoms. The Morgan fingerprint density at radius 3 is 2.68 bits per heavy atom. The third kappa shape index (κ3) is 4.26. The molecule has 2 aliphatic heterocycles. The number of nitrogens with one attached hydrogen (secondary N) is 1. The SMILES string of the molecule is Cc1cc([C@H](C(=O)N2C[C@H](O)C[C@H]2C2=N[C@](C)(c3ccc(Br)cc3)ON2)C(C)C)on1. The predicted octanol–water partition coefficient (Wildman–Crippen LogP) is 3.25. The standard InChI is InChI=1S/C22H27BrN4O4/c1-12(2)19(18-9-13(3)25-30-18)21(29)27-11-16(28)10-17(27)20-24-22(4,31-26-20)14-5-7-15(23)8-6-14/h5-9,12,16-17,19,28H,10-11H2,1-4H3,(H,24,26)/t16-,17+,19-,22+/m1/s1. The second-order valence-corrected chi connectivity index (χ2v) is 9.59. The van der Waals surface area contributed by atoms with Crippen LogP contribution in [0.1, 0.15) is 50.1 Å². The lowest BCUT2D eigenvalue weighted by atomic mass is 9.91. The van der Waals surface area contributed by atoms with E-state index in [2.05, 4.69) is 26.6 Å². The minimum atomic E-state index is -0.919. The first kappa shape index (κ1) is 22.0. The summed E-state index contributed by atoms with van der Waals surface area (Å²) in [6, 6.07) is 9.11. The van der Waals surface area contributed by atoms with Crippen molar-refractivity contribution in [2.24, 2.45) is 10.9 Å². The molecule has 1 saturated heterocycles. The zero-order chi connectivity index (χ0) is 22.3. The number of aliphatic imine (C=N–C) groups is 1. The Morgan fingerprint density at radius 2 is 2.06 bits per heavy atom. The molecule has 9 heteroatoms. The van der Waals surface area contributed by atoms with Gasteiger partial charge in [-0.3, -0.25) is 4.79 Å². The molecule has 1 aromatic carbocycles. The number of β-amino-alcohol motifs (C(OH)–C–C–N with tert-alkyl or cyclic N) is 1. The smallest absolute Gasteiger partial charge is 0.234 e. The van der Waals surface area contributed by atoms with Gasteiger partial charge in [0.2, 0.25) is 11.6 Å². The summed E-state index contributed by atoms with van der Waals surface area (Å²) in [7, 11) is 0. The number of aliphatic hydroxyl groups excluding tert-OH is 1. The van der Waals surface area contributed by atoms with Crippen LogP contribution in [0.3, 0.4) is 0 Å². The molecule has 0 radical (unpaired) electrons. The van der Waals surface area contributed by atoms with Crippen LogP contribution in [0.15, 0.2) is 44.3 Å². The summed E-state index contributed by atoms with van der Waals surface area (Å²) in [5, 5.41) is 14.3. The van der Waals surface area contributed by atoms with Crippen LogP contribution in [0.4, 0.5) is 0 Å². The Bertz CT molecular complexity index is 990. The van der Waals surface area contributed by atoms with Crippen LogP contribution < -0.4 is 5.48 Å². The van der Waals surface area contributed by atoms with E-state index in [1.165, 1.54) is 0 Å². The van der Waals surface area contributed by atoms with Crippen molar-refractivity contribution in [3.05, 3.63) is 51.8 Å². The number of amides is 1. The van der Waals surface area contributed by atoms with Gasteiger partial charge in [0.25, 0.3) is 0 Å². The van der Waals surface area contributed by atoms with Crippen LogP contribution >= 0.6 is 15.9 Å². The predicted molar refractivity (Wildman–Crippen MR) is 118 cm³/mol. The average molecular weight is 491 g/mol. The van der Waals surface area contributed by atoms with Gasteiger partial charge in [-0.2, -0.15) is 0 Å². The Balaban J connectivity index is 1.62. The topological polar surface area (TPSA) is 100 Å². The quantitative estimate of drug-likeness (QED) is 0.666. The lowest BCUT2D eigenvalue weighted by Gasteiger charge is -2.29. The zero-order valence-corrected chi connectivity index (χ0v) is 19.6. The first-order valence-corrected chi connectivity index (χ1v) is 11.2. The molecular weight excluding hydrogens is 464 g/mol. The van der Waals surface area contributed by atoms with Crippen molar-refractivity contribution in [1.29, 1.82) is 0 Å². The summed E-state index contributed by atoms with van der Waals surface area (Å²) in [4.78, 5) is 25.9. The number of aryl methyl sites for hydroxylation is 1. The normalized spacial score (nSPS) is 26.8. The van der Waals surface area contributed by atoms with E-state index in [0.29, 0.717) is 18.0 Å². The Hall–Kier alpha value is -2.23. The number of hydrogen-bond acceptors (Lipinski definition) is 7. The van der Waals surface area contributed by atoms with Crippen LogP contribution in [0, 0.1) is 12.8 Å². The number of hydrogen-bond donors (Lipinski definition) is 2. The maximum atomic E-state index is 13.6. The minimum absolute atomic E-state index is 0.000926. The van der Waals surface area contributed by atoms with Gasteiger partial charge in [-0.05, 0) is 31.9 Å². The lowest BCUT2D eigenvalue weighted by molar-refractivity contribution is -0.134. The second kappa shape index (κ2) is 8.37. The maximum absolute atomic E-state index is 13.6. The highest BCUT2D eigenvalue weighted by Gasteiger charge is 2.45. The summed E-state index contributed by atoms with van der Waals surface area (Å²) in [5.74, 6) is 0.465. The van der Waals surface area contributed by atoms with E-state index in [4.69, 9.17) is 14.4 Å². The zero-order valence-electron chi connectivity index (χ0n) is 18.0. The maximum Gasteiger partial charge on any atom is 0.234 e. The number of carbonyl (C=O) groups excluding carboxylic acids is 1. The van der Waals surface area contributed by atoms with Gasteiger partial charge in [0.15, 0.2) is 0 Å². The molecule has 4 rings (SSSR count). The van der Waals surface area contributed by atoms with Crippen LogP contribution in [-0.2, 0) is 15.4 Å². The van der Waals surface area contributed by atoms with Gasteiger partial charge < -0.3 is 14.5 Å². The number of rotatable bonds is 5. The second-order valence-electron chi connectivity index (χ2n) is 8.68. The highest BCUT2D eigenvalue weighted by atomic mass is 79.9. The van der Waals surface area contributed by atoms with Crippen LogP contribution in [0.5, 0.6) is 0 Å². The molecule has 2 aromatic rings. The fourth-order valence-electron chi connectivity index (χ4n) is 4.21. The van der Waals surface area contributed by atoms with Crippen molar-refractivity contribution in [3.8, 4) is 0 Å². The van der Waals surface area contributed by atoms with Crippen molar-refractivity contribution in [1.82, 2.24) is 15.5 Å². The summed E-state index contributed by atoms with van der Waals surface area (Å²) in [6.45, 7) is 7.87. The molecule has 2 N–H and O–H groups in total. The Kier molecular flexibility index (Phi) is 5.93. The molecule has 0 bridgehead atoms. The first-order chi connectivity index (χ1) is 14.7. The van der Waals surface area contributed by atoms with Crippen LogP contribution in [-0.4, -0.2) is 45.6 Å². The first-order valence-electron chi connectivity index (χ1n) is 10.4. The summed E-state index contributed by atoms with van der Waals surface area (Å²) in [5.41, 5.74) is 3.61. The molecular formula is C22H27BrN4O4. The van der Waals surface area contributed by atoms with Gasteiger partial charge in [-0.1, -0.05) is 47.1 Å². The highest BCUT2D eigenvalue weighted by Crippen LogP contribution is 2.35. The number of halogens is 1. The highest BCUT2D eigenvalue weighted by molar-refractivity contribution is 9.10. The molecule has 166 valence electrons. The van der Waals surface area contributed by atoms with E-state index >= 15 is 0 Å². The van der Waals surface area contributed by atoms with Crippen molar-refractivity contribution in [2.45, 2.75) is 57.9 Å². The molecule has 1 fully saturated rings. The molecule has 0 aliphatic carbocycles. The number of likely N-dealkylation sites (tertiary alicyclic amines) is 1. The van der Waals surface area contributed by atoms with E-state index in [0.717, 1.165) is 15.7 Å². The third-order valence-corrected chi connectivity index (χ3v) is 6.36. The molecule has 1 aromatic heterocycles. The van der Waals surface area contributed by atoms with Gasteiger partial charge in [0.05, 0.1) is 17.8 Å². The van der Waals surface area contributed by atoms with Crippen LogP contribution in [0.25, 0.3) is 0 Å². The number of benzene rings is 1.